The van der Waals surface area contributed by atoms with Crippen molar-refractivity contribution in [2.45, 2.75) is 25.4 Å². The van der Waals surface area contributed by atoms with Gasteiger partial charge in [0.05, 0.1) is 11.4 Å². The third kappa shape index (κ3) is 2.95. The summed E-state index contributed by atoms with van der Waals surface area (Å²) < 4.78 is 12.9. The molecule has 6 heteroatoms. The van der Waals surface area contributed by atoms with E-state index in [2.05, 4.69) is 15.5 Å². The Labute approximate surface area is 144 Å². The molecule has 2 amide bonds. The van der Waals surface area contributed by atoms with Crippen molar-refractivity contribution in [3.05, 3.63) is 59.4 Å². The largest absolute Gasteiger partial charge is 0.358 e. The second-order valence-electron chi connectivity index (χ2n) is 6.38. The van der Waals surface area contributed by atoms with Crippen LogP contribution in [0.2, 0.25) is 0 Å². The van der Waals surface area contributed by atoms with Gasteiger partial charge in [0.1, 0.15) is 11.9 Å². The zero-order valence-electron chi connectivity index (χ0n) is 13.6. The van der Waals surface area contributed by atoms with E-state index in [1.54, 1.807) is 24.3 Å². The number of carbonyl (C=O) groups is 2. The van der Waals surface area contributed by atoms with Crippen molar-refractivity contribution < 1.29 is 14.0 Å². The molecule has 1 saturated heterocycles. The van der Waals surface area contributed by atoms with E-state index in [0.29, 0.717) is 17.8 Å². The van der Waals surface area contributed by atoms with Crippen LogP contribution >= 0.6 is 0 Å². The van der Waals surface area contributed by atoms with Gasteiger partial charge in [0.25, 0.3) is 5.91 Å². The van der Waals surface area contributed by atoms with Crippen molar-refractivity contribution in [1.82, 2.24) is 5.32 Å². The van der Waals surface area contributed by atoms with E-state index in [1.165, 1.54) is 12.1 Å². The van der Waals surface area contributed by atoms with Gasteiger partial charge in [-0.05, 0) is 48.7 Å². The van der Waals surface area contributed by atoms with Crippen LogP contribution in [0.4, 0.5) is 15.8 Å². The number of nitrogens with zero attached hydrogens (tertiary/aromatic N) is 1. The second kappa shape index (κ2) is 6.20. The van der Waals surface area contributed by atoms with Crippen LogP contribution in [0.1, 0.15) is 28.8 Å². The maximum atomic E-state index is 12.9. The number of hydrogen-bond acceptors (Lipinski definition) is 3. The Morgan fingerprint density at radius 3 is 2.84 bits per heavy atom. The molecule has 0 bridgehead atoms. The van der Waals surface area contributed by atoms with Crippen LogP contribution in [0.15, 0.2) is 42.5 Å². The molecular formula is C19H18FN3O2. The van der Waals surface area contributed by atoms with Crippen LogP contribution in [0.3, 0.4) is 0 Å². The highest BCUT2D eigenvalue weighted by atomic mass is 19.1. The van der Waals surface area contributed by atoms with E-state index in [9.17, 15) is 14.0 Å². The van der Waals surface area contributed by atoms with Gasteiger partial charge in [-0.3, -0.25) is 9.59 Å². The lowest BCUT2D eigenvalue weighted by Gasteiger charge is -2.33. The van der Waals surface area contributed by atoms with Crippen molar-refractivity contribution in [2.75, 3.05) is 16.8 Å². The van der Waals surface area contributed by atoms with Crippen LogP contribution in [-0.4, -0.2) is 24.4 Å². The zero-order valence-corrected chi connectivity index (χ0v) is 13.6. The van der Waals surface area contributed by atoms with E-state index in [1.807, 2.05) is 6.07 Å². The van der Waals surface area contributed by atoms with Crippen LogP contribution in [-0.2, 0) is 11.3 Å². The molecule has 25 heavy (non-hydrogen) atoms. The van der Waals surface area contributed by atoms with E-state index in [0.717, 1.165) is 30.6 Å². The Balaban J connectivity index is 1.49. The molecule has 4 rings (SSSR count). The lowest BCUT2D eigenvalue weighted by atomic mass is 10.1. The first kappa shape index (κ1) is 15.6. The predicted molar refractivity (Wildman–Crippen MR) is 93.0 cm³/mol. The fraction of sp³-hybridized carbons (Fsp3) is 0.263. The zero-order chi connectivity index (χ0) is 17.4. The van der Waals surface area contributed by atoms with Crippen molar-refractivity contribution in [2.24, 2.45) is 0 Å². The minimum atomic E-state index is -0.305. The topological polar surface area (TPSA) is 61.4 Å². The SMILES string of the molecule is O=C(NCc1ccc(F)cc1)c1ccc2c(c1)NC(=O)[C@@H]1CCCN21. The Kier molecular flexibility index (Phi) is 3.87. The van der Waals surface area contributed by atoms with Crippen LogP contribution in [0.25, 0.3) is 0 Å². The lowest BCUT2D eigenvalue weighted by molar-refractivity contribution is -0.117. The first-order valence-electron chi connectivity index (χ1n) is 8.36. The van der Waals surface area contributed by atoms with E-state index < -0.39 is 0 Å². The van der Waals surface area contributed by atoms with Crippen LogP contribution < -0.4 is 15.5 Å². The number of nitrogens with one attached hydrogen (secondary N) is 2. The Bertz CT molecular complexity index is 835. The molecule has 2 aromatic carbocycles. The average Bonchev–Trinajstić information content (AvgIpc) is 3.11. The molecule has 2 heterocycles. The van der Waals surface area contributed by atoms with Gasteiger partial charge >= 0.3 is 0 Å². The van der Waals surface area contributed by atoms with Crippen molar-refractivity contribution in [3.8, 4) is 0 Å². The fourth-order valence-corrected chi connectivity index (χ4v) is 3.46. The van der Waals surface area contributed by atoms with E-state index >= 15 is 0 Å². The summed E-state index contributed by atoms with van der Waals surface area (Å²) in [5.74, 6) is -0.542. The number of benzene rings is 2. The summed E-state index contributed by atoms with van der Waals surface area (Å²) in [5, 5.41) is 5.72. The highest BCUT2D eigenvalue weighted by Gasteiger charge is 2.36. The third-order valence-corrected chi connectivity index (χ3v) is 4.75. The molecule has 0 spiro atoms. The van der Waals surface area contributed by atoms with Gasteiger partial charge in [0, 0.05) is 18.7 Å². The van der Waals surface area contributed by atoms with Crippen molar-refractivity contribution in [1.29, 1.82) is 0 Å². The van der Waals surface area contributed by atoms with Gasteiger partial charge in [0.2, 0.25) is 5.91 Å². The maximum absolute atomic E-state index is 12.9. The van der Waals surface area contributed by atoms with Gasteiger partial charge in [-0.1, -0.05) is 12.1 Å². The first-order chi connectivity index (χ1) is 12.1. The molecule has 5 nitrogen and oxygen atoms in total. The maximum Gasteiger partial charge on any atom is 0.251 e. The monoisotopic (exact) mass is 339 g/mol. The standard InChI is InChI=1S/C19H18FN3O2/c20-14-6-3-12(4-7-14)11-21-18(24)13-5-8-16-15(10-13)22-19(25)17-2-1-9-23(16)17/h3-8,10,17H,1-2,9,11H2,(H,21,24)(H,22,25)/t17-/m0/s1. The smallest absolute Gasteiger partial charge is 0.251 e. The number of halogens is 1. The third-order valence-electron chi connectivity index (χ3n) is 4.75. The summed E-state index contributed by atoms with van der Waals surface area (Å²) >= 11 is 0. The fourth-order valence-electron chi connectivity index (χ4n) is 3.46. The molecule has 2 aliphatic heterocycles. The lowest BCUT2D eigenvalue weighted by Crippen LogP contribution is -2.44. The van der Waals surface area contributed by atoms with Crippen molar-refractivity contribution in [3.63, 3.8) is 0 Å². The molecule has 0 unspecified atom stereocenters. The van der Waals surface area contributed by atoms with Gasteiger partial charge in [0.15, 0.2) is 0 Å². The highest BCUT2D eigenvalue weighted by molar-refractivity contribution is 6.06. The molecule has 0 saturated carbocycles. The normalized spacial score (nSPS) is 18.4. The number of hydrogen-bond donors (Lipinski definition) is 2. The molecule has 2 N–H and O–H groups in total. The molecule has 0 aromatic heterocycles. The van der Waals surface area contributed by atoms with Gasteiger partial charge in [-0.15, -0.1) is 0 Å². The van der Waals surface area contributed by atoms with Gasteiger partial charge in [-0.2, -0.15) is 0 Å². The van der Waals surface area contributed by atoms with E-state index in [-0.39, 0.29) is 23.7 Å². The minimum absolute atomic E-state index is 0.00568. The number of rotatable bonds is 3. The second-order valence-corrected chi connectivity index (χ2v) is 6.38. The molecular weight excluding hydrogens is 321 g/mol. The Morgan fingerprint density at radius 2 is 2.04 bits per heavy atom. The highest BCUT2D eigenvalue weighted by Crippen LogP contribution is 2.37. The number of anilines is 2. The van der Waals surface area contributed by atoms with Gasteiger partial charge < -0.3 is 15.5 Å². The molecule has 1 fully saturated rings. The summed E-state index contributed by atoms with van der Waals surface area (Å²) in [4.78, 5) is 26.6. The molecule has 128 valence electrons. The molecule has 1 atom stereocenters. The molecule has 0 radical (unpaired) electrons. The van der Waals surface area contributed by atoms with E-state index in [4.69, 9.17) is 0 Å². The van der Waals surface area contributed by atoms with Crippen LogP contribution in [0.5, 0.6) is 0 Å². The summed E-state index contributed by atoms with van der Waals surface area (Å²) in [6, 6.07) is 11.3. The van der Waals surface area contributed by atoms with Crippen LogP contribution in [0, 0.1) is 5.82 Å². The summed E-state index contributed by atoms with van der Waals surface area (Å²) in [6.45, 7) is 1.18. The number of carbonyl (C=O) groups excluding carboxylic acids is 2. The minimum Gasteiger partial charge on any atom is -0.358 e. The molecule has 0 aliphatic carbocycles. The summed E-state index contributed by atoms with van der Waals surface area (Å²) in [5.41, 5.74) is 2.95. The molecule has 2 aromatic rings. The Hall–Kier alpha value is -2.89. The predicted octanol–water partition coefficient (Wildman–Crippen LogP) is 2.68. The first-order valence-corrected chi connectivity index (χ1v) is 8.36. The quantitative estimate of drug-likeness (QED) is 0.904. The van der Waals surface area contributed by atoms with Crippen molar-refractivity contribution >= 4 is 23.2 Å². The summed E-state index contributed by atoms with van der Waals surface area (Å²) in [7, 11) is 0. The average molecular weight is 339 g/mol. The molecule has 2 aliphatic rings. The number of fused-ring (bicyclic) bond motifs is 3. The summed E-state index contributed by atoms with van der Waals surface area (Å²) in [6.07, 6.45) is 1.86. The Morgan fingerprint density at radius 1 is 1.24 bits per heavy atom. The van der Waals surface area contributed by atoms with Gasteiger partial charge in [-0.25, -0.2) is 4.39 Å². The number of amides is 2.